The summed E-state index contributed by atoms with van der Waals surface area (Å²) in [5.41, 5.74) is 3.23. The number of carbonyl (C=O) groups excluding carboxylic acids is 2. The minimum Gasteiger partial charge on any atom is -0.497 e. The standard InChI is InChI=1S/C18H27N3O4/c1-3-15(21-19)16(22)17(23)20-12-18(8-10-25-11-9-18)13-4-6-14(24-2)7-5-13/h4-7,15,21H,3,8-12,19H2,1-2H3,(H,20,23). The highest BCUT2D eigenvalue weighted by Gasteiger charge is 2.36. The molecule has 25 heavy (non-hydrogen) atoms. The Morgan fingerprint density at radius 3 is 2.44 bits per heavy atom. The number of hydrazine groups is 1. The fraction of sp³-hybridized carbons (Fsp3) is 0.556. The first-order valence-corrected chi connectivity index (χ1v) is 8.56. The second kappa shape index (κ2) is 8.94. The van der Waals surface area contributed by atoms with Gasteiger partial charge in [0.25, 0.3) is 5.91 Å². The van der Waals surface area contributed by atoms with Gasteiger partial charge in [0.1, 0.15) is 5.75 Å². The number of hydrogen-bond acceptors (Lipinski definition) is 6. The zero-order chi connectivity index (χ0) is 18.3. The maximum absolute atomic E-state index is 12.2. The number of ketones is 1. The van der Waals surface area contributed by atoms with E-state index in [4.69, 9.17) is 15.3 Å². The molecule has 1 aromatic rings. The lowest BCUT2D eigenvalue weighted by Crippen LogP contribution is -2.51. The smallest absolute Gasteiger partial charge is 0.289 e. The molecule has 1 aliphatic heterocycles. The van der Waals surface area contributed by atoms with E-state index >= 15 is 0 Å². The number of nitrogens with two attached hydrogens (primary N) is 1. The van der Waals surface area contributed by atoms with Gasteiger partial charge in [-0.3, -0.25) is 15.4 Å². The lowest BCUT2D eigenvalue weighted by molar-refractivity contribution is -0.139. The van der Waals surface area contributed by atoms with Crippen molar-refractivity contribution in [1.29, 1.82) is 0 Å². The minimum absolute atomic E-state index is 0.252. The van der Waals surface area contributed by atoms with Crippen molar-refractivity contribution in [2.24, 2.45) is 5.84 Å². The molecular weight excluding hydrogens is 322 g/mol. The fourth-order valence-electron chi connectivity index (χ4n) is 3.15. The molecule has 1 atom stereocenters. The van der Waals surface area contributed by atoms with Crippen molar-refractivity contribution < 1.29 is 19.1 Å². The lowest BCUT2D eigenvalue weighted by atomic mass is 9.74. The second-order valence-electron chi connectivity index (χ2n) is 6.30. The summed E-state index contributed by atoms with van der Waals surface area (Å²) >= 11 is 0. The Hall–Kier alpha value is -1.96. The number of methoxy groups -OCH3 is 1. The molecule has 138 valence electrons. The number of ether oxygens (including phenoxy) is 2. The van der Waals surface area contributed by atoms with Crippen LogP contribution in [0.2, 0.25) is 0 Å². The summed E-state index contributed by atoms with van der Waals surface area (Å²) in [6.45, 7) is 3.43. The van der Waals surface area contributed by atoms with Crippen molar-refractivity contribution in [1.82, 2.24) is 10.7 Å². The van der Waals surface area contributed by atoms with Crippen LogP contribution < -0.4 is 21.3 Å². The summed E-state index contributed by atoms with van der Waals surface area (Å²) in [6, 6.07) is 7.17. The van der Waals surface area contributed by atoms with Gasteiger partial charge >= 0.3 is 0 Å². The first kappa shape index (κ1) is 19.4. The van der Waals surface area contributed by atoms with Gasteiger partial charge in [-0.05, 0) is 37.0 Å². The normalized spacial score (nSPS) is 17.6. The monoisotopic (exact) mass is 349 g/mol. The van der Waals surface area contributed by atoms with Crippen LogP contribution in [-0.4, -0.2) is 44.6 Å². The maximum atomic E-state index is 12.2. The quantitative estimate of drug-likeness (QED) is 0.362. The number of carbonyl (C=O) groups is 2. The molecule has 7 heteroatoms. The van der Waals surface area contributed by atoms with Crippen molar-refractivity contribution >= 4 is 11.7 Å². The molecule has 1 unspecified atom stereocenters. The number of rotatable bonds is 8. The van der Waals surface area contributed by atoms with Gasteiger partial charge in [0.05, 0.1) is 13.2 Å². The van der Waals surface area contributed by atoms with Gasteiger partial charge in [-0.1, -0.05) is 19.1 Å². The topological polar surface area (TPSA) is 103 Å². The maximum Gasteiger partial charge on any atom is 0.289 e. The van der Waals surface area contributed by atoms with E-state index in [-0.39, 0.29) is 5.41 Å². The summed E-state index contributed by atoms with van der Waals surface area (Å²) in [5.74, 6) is 4.96. The van der Waals surface area contributed by atoms with Gasteiger partial charge in [-0.2, -0.15) is 0 Å². The molecule has 1 saturated heterocycles. The molecule has 1 amide bonds. The van der Waals surface area contributed by atoms with E-state index < -0.39 is 17.7 Å². The van der Waals surface area contributed by atoms with Crippen LogP contribution in [0.4, 0.5) is 0 Å². The summed E-state index contributed by atoms with van der Waals surface area (Å²) in [4.78, 5) is 24.3. The summed E-state index contributed by atoms with van der Waals surface area (Å²) < 4.78 is 10.7. The minimum atomic E-state index is -0.661. The highest BCUT2D eigenvalue weighted by molar-refractivity contribution is 6.38. The van der Waals surface area contributed by atoms with Crippen molar-refractivity contribution in [2.45, 2.75) is 37.6 Å². The molecule has 1 aliphatic rings. The van der Waals surface area contributed by atoms with Crippen LogP contribution in [0.3, 0.4) is 0 Å². The Balaban J connectivity index is 2.12. The molecule has 0 aliphatic carbocycles. The van der Waals surface area contributed by atoms with Gasteiger partial charge < -0.3 is 14.8 Å². The first-order valence-electron chi connectivity index (χ1n) is 8.56. The van der Waals surface area contributed by atoms with Crippen LogP contribution in [0, 0.1) is 0 Å². The molecule has 0 aromatic heterocycles. The molecule has 7 nitrogen and oxygen atoms in total. The number of amides is 1. The second-order valence-corrected chi connectivity index (χ2v) is 6.30. The summed E-state index contributed by atoms with van der Waals surface area (Å²) in [7, 11) is 1.63. The Morgan fingerprint density at radius 1 is 1.28 bits per heavy atom. The third kappa shape index (κ3) is 4.56. The molecular formula is C18H27N3O4. The van der Waals surface area contributed by atoms with Gasteiger partial charge in [0.2, 0.25) is 5.78 Å². The Morgan fingerprint density at radius 2 is 1.92 bits per heavy atom. The SMILES string of the molecule is CCC(NN)C(=O)C(=O)NCC1(c2ccc(OC)cc2)CCOCC1. The Bertz CT molecular complexity index is 578. The highest BCUT2D eigenvalue weighted by atomic mass is 16.5. The van der Waals surface area contributed by atoms with Gasteiger partial charge in [-0.25, -0.2) is 5.43 Å². The number of hydrogen-bond donors (Lipinski definition) is 3. The van der Waals surface area contributed by atoms with E-state index in [1.165, 1.54) is 0 Å². The first-order chi connectivity index (χ1) is 12.1. The molecule has 0 radical (unpaired) electrons. The zero-order valence-electron chi connectivity index (χ0n) is 14.8. The predicted octanol–water partition coefficient (Wildman–Crippen LogP) is 0.671. The molecule has 4 N–H and O–H groups in total. The van der Waals surface area contributed by atoms with E-state index in [1.807, 2.05) is 24.3 Å². The van der Waals surface area contributed by atoms with E-state index in [0.29, 0.717) is 26.2 Å². The van der Waals surface area contributed by atoms with Gasteiger partial charge in [0.15, 0.2) is 0 Å². The van der Waals surface area contributed by atoms with Crippen LogP contribution in [0.15, 0.2) is 24.3 Å². The number of benzene rings is 1. The van der Waals surface area contributed by atoms with Crippen LogP contribution in [0.1, 0.15) is 31.7 Å². The lowest BCUT2D eigenvalue weighted by Gasteiger charge is -2.38. The molecule has 0 spiro atoms. The molecule has 1 aromatic carbocycles. The molecule has 0 saturated carbocycles. The average molecular weight is 349 g/mol. The van der Waals surface area contributed by atoms with E-state index in [1.54, 1.807) is 14.0 Å². The van der Waals surface area contributed by atoms with Crippen molar-refractivity contribution in [3.05, 3.63) is 29.8 Å². The molecule has 0 bridgehead atoms. The third-order valence-corrected chi connectivity index (χ3v) is 4.89. The van der Waals surface area contributed by atoms with E-state index in [0.717, 1.165) is 24.2 Å². The van der Waals surface area contributed by atoms with E-state index in [9.17, 15) is 9.59 Å². The van der Waals surface area contributed by atoms with Crippen LogP contribution in [0.5, 0.6) is 5.75 Å². The van der Waals surface area contributed by atoms with Crippen LogP contribution >= 0.6 is 0 Å². The predicted molar refractivity (Wildman–Crippen MR) is 94.1 cm³/mol. The largest absolute Gasteiger partial charge is 0.497 e. The van der Waals surface area contributed by atoms with Gasteiger partial charge in [-0.15, -0.1) is 0 Å². The zero-order valence-corrected chi connectivity index (χ0v) is 14.8. The van der Waals surface area contributed by atoms with Crippen LogP contribution in [-0.2, 0) is 19.7 Å². The van der Waals surface area contributed by atoms with Crippen LogP contribution in [0.25, 0.3) is 0 Å². The Labute approximate surface area is 148 Å². The van der Waals surface area contributed by atoms with Gasteiger partial charge in [0, 0.05) is 25.2 Å². The van der Waals surface area contributed by atoms with Crippen molar-refractivity contribution in [3.63, 3.8) is 0 Å². The molecule has 1 heterocycles. The fourth-order valence-corrected chi connectivity index (χ4v) is 3.15. The Kier molecular flexibility index (Phi) is 6.92. The molecule has 1 fully saturated rings. The summed E-state index contributed by atoms with van der Waals surface area (Å²) in [6.07, 6.45) is 2.01. The van der Waals surface area contributed by atoms with Crippen molar-refractivity contribution in [3.8, 4) is 5.75 Å². The third-order valence-electron chi connectivity index (χ3n) is 4.89. The van der Waals surface area contributed by atoms with Crippen molar-refractivity contribution in [2.75, 3.05) is 26.9 Å². The number of Topliss-reactive ketones (excluding diaryl/α,β-unsaturated/α-hetero) is 1. The highest BCUT2D eigenvalue weighted by Crippen LogP contribution is 2.35. The van der Waals surface area contributed by atoms with E-state index in [2.05, 4.69) is 10.7 Å². The molecule has 2 rings (SSSR count). The summed E-state index contributed by atoms with van der Waals surface area (Å²) in [5, 5.41) is 2.80. The number of nitrogens with one attached hydrogen (secondary N) is 2. The average Bonchev–Trinajstić information content (AvgIpc) is 2.67.